The van der Waals surface area contributed by atoms with E-state index in [0.29, 0.717) is 11.6 Å². The fourth-order valence-corrected chi connectivity index (χ4v) is 3.80. The molecule has 11 heteroatoms. The minimum Gasteiger partial charge on any atom is -0.456 e. The first-order chi connectivity index (χ1) is 13.7. The second-order valence-electron chi connectivity index (χ2n) is 5.95. The summed E-state index contributed by atoms with van der Waals surface area (Å²) in [6, 6.07) is 8.76. The van der Waals surface area contributed by atoms with Gasteiger partial charge in [-0.3, -0.25) is 19.3 Å². The zero-order valence-corrected chi connectivity index (χ0v) is 15.6. The Morgan fingerprint density at radius 3 is 2.52 bits per heavy atom. The molecule has 0 aromatic heterocycles. The Morgan fingerprint density at radius 2 is 1.79 bits per heavy atom. The lowest BCUT2D eigenvalue weighted by molar-refractivity contribution is -0.147. The molecule has 0 spiro atoms. The summed E-state index contributed by atoms with van der Waals surface area (Å²) in [5.74, 6) is -3.11. The monoisotopic (exact) mass is 423 g/mol. The summed E-state index contributed by atoms with van der Waals surface area (Å²) < 4.78 is 57.1. The lowest BCUT2D eigenvalue weighted by atomic mass is 10.2. The van der Waals surface area contributed by atoms with Crippen molar-refractivity contribution in [1.82, 2.24) is 4.72 Å². The quantitative estimate of drug-likeness (QED) is 0.685. The number of amidine groups is 1. The van der Waals surface area contributed by atoms with E-state index in [0.717, 1.165) is 12.1 Å². The molecule has 2 N–H and O–H groups in total. The van der Waals surface area contributed by atoms with Crippen LogP contribution in [0.4, 0.5) is 14.5 Å². The molecule has 8 nitrogen and oxygen atoms in total. The van der Waals surface area contributed by atoms with Crippen LogP contribution < -0.4 is 10.0 Å². The number of benzene rings is 2. The van der Waals surface area contributed by atoms with Gasteiger partial charge < -0.3 is 10.1 Å². The highest BCUT2D eigenvalue weighted by molar-refractivity contribution is 7.90. The van der Waals surface area contributed by atoms with Crippen molar-refractivity contribution in [3.63, 3.8) is 0 Å². The van der Waals surface area contributed by atoms with Crippen molar-refractivity contribution < 1.29 is 31.5 Å². The fourth-order valence-electron chi connectivity index (χ4n) is 2.55. The highest BCUT2D eigenvalue weighted by Gasteiger charge is 2.29. The maximum Gasteiger partial charge on any atom is 0.308 e. The number of carbonyl (C=O) groups is 2. The molecule has 2 aromatic carbocycles. The zero-order chi connectivity index (χ0) is 21.0. The van der Waals surface area contributed by atoms with Gasteiger partial charge in [0.05, 0.1) is 17.9 Å². The molecule has 1 heterocycles. The van der Waals surface area contributed by atoms with Gasteiger partial charge in [-0.25, -0.2) is 17.2 Å². The molecule has 0 atom stereocenters. The van der Waals surface area contributed by atoms with E-state index < -0.39 is 40.1 Å². The molecule has 1 aliphatic heterocycles. The largest absolute Gasteiger partial charge is 0.456 e. The number of nitrogens with one attached hydrogen (secondary N) is 2. The molecule has 3 rings (SSSR count). The Hall–Kier alpha value is -3.34. The second-order valence-corrected chi connectivity index (χ2v) is 7.60. The third-order valence-corrected chi connectivity index (χ3v) is 5.16. The Bertz CT molecular complexity index is 1080. The van der Waals surface area contributed by atoms with Crippen molar-refractivity contribution in [2.75, 3.05) is 18.5 Å². The molecule has 152 valence electrons. The van der Waals surface area contributed by atoms with E-state index >= 15 is 0 Å². The summed E-state index contributed by atoms with van der Waals surface area (Å²) >= 11 is 0. The molecule has 0 fully saturated rings. The van der Waals surface area contributed by atoms with Crippen LogP contribution in [0.15, 0.2) is 52.4 Å². The average molecular weight is 423 g/mol. The summed E-state index contributed by atoms with van der Waals surface area (Å²) in [5.41, 5.74) is 0.296. The van der Waals surface area contributed by atoms with E-state index in [-0.39, 0.29) is 29.4 Å². The van der Waals surface area contributed by atoms with Crippen LogP contribution >= 0.6 is 0 Å². The second kappa shape index (κ2) is 8.35. The SMILES string of the molecule is O=C(COC(=O)CCN=C1NS(=O)(=O)c2ccccc21)Nc1cc(F)cc(F)c1. The predicted octanol–water partition coefficient (Wildman–Crippen LogP) is 1.58. The lowest BCUT2D eigenvalue weighted by Crippen LogP contribution is -2.23. The smallest absolute Gasteiger partial charge is 0.308 e. The maximum atomic E-state index is 13.1. The van der Waals surface area contributed by atoms with Crippen molar-refractivity contribution in [2.45, 2.75) is 11.3 Å². The van der Waals surface area contributed by atoms with Crippen molar-refractivity contribution in [2.24, 2.45) is 4.99 Å². The van der Waals surface area contributed by atoms with E-state index in [4.69, 9.17) is 4.74 Å². The van der Waals surface area contributed by atoms with Gasteiger partial charge in [-0.15, -0.1) is 0 Å². The van der Waals surface area contributed by atoms with E-state index in [1.165, 1.54) is 6.07 Å². The number of hydrogen-bond donors (Lipinski definition) is 2. The van der Waals surface area contributed by atoms with E-state index in [1.807, 2.05) is 0 Å². The number of rotatable bonds is 6. The molecule has 29 heavy (non-hydrogen) atoms. The van der Waals surface area contributed by atoms with Crippen molar-refractivity contribution in [3.8, 4) is 0 Å². The molecule has 1 aliphatic rings. The Labute approximate surface area is 164 Å². The Balaban J connectivity index is 1.48. The number of sulfonamides is 1. The van der Waals surface area contributed by atoms with Gasteiger partial charge >= 0.3 is 5.97 Å². The number of aliphatic imine (C=N–C) groups is 1. The van der Waals surface area contributed by atoms with Gasteiger partial charge in [-0.1, -0.05) is 12.1 Å². The van der Waals surface area contributed by atoms with Gasteiger partial charge in [0.2, 0.25) is 0 Å². The summed E-state index contributed by atoms with van der Waals surface area (Å²) in [6.45, 7) is -0.718. The summed E-state index contributed by atoms with van der Waals surface area (Å²) in [4.78, 5) is 27.6. The topological polar surface area (TPSA) is 114 Å². The highest BCUT2D eigenvalue weighted by Crippen LogP contribution is 2.22. The van der Waals surface area contributed by atoms with Gasteiger partial charge in [-0.05, 0) is 24.3 Å². The van der Waals surface area contributed by atoms with Gasteiger partial charge in [-0.2, -0.15) is 0 Å². The number of amides is 1. The highest BCUT2D eigenvalue weighted by atomic mass is 32.2. The number of anilines is 1. The number of hydrogen-bond acceptors (Lipinski definition) is 6. The Kier molecular flexibility index (Phi) is 5.87. The first-order valence-electron chi connectivity index (χ1n) is 8.33. The van der Waals surface area contributed by atoms with E-state index in [9.17, 15) is 26.8 Å². The summed E-state index contributed by atoms with van der Waals surface area (Å²) in [7, 11) is -3.67. The molecule has 0 unspecified atom stereocenters. The van der Waals surface area contributed by atoms with Crippen molar-refractivity contribution in [1.29, 1.82) is 0 Å². The predicted molar refractivity (Wildman–Crippen MR) is 98.7 cm³/mol. The molecule has 0 bridgehead atoms. The van der Waals surface area contributed by atoms with E-state index in [2.05, 4.69) is 15.0 Å². The van der Waals surface area contributed by atoms with Crippen LogP contribution in [0.5, 0.6) is 0 Å². The minimum absolute atomic E-state index is 0.0677. The number of carbonyl (C=O) groups excluding carboxylic acids is 2. The van der Waals surface area contributed by atoms with Crippen LogP contribution in [-0.4, -0.2) is 39.3 Å². The van der Waals surface area contributed by atoms with Crippen LogP contribution in [0.25, 0.3) is 0 Å². The fraction of sp³-hybridized carbons (Fsp3) is 0.167. The molecule has 2 aromatic rings. The molecule has 0 radical (unpaired) electrons. The molecule has 1 amide bonds. The molecule has 0 aliphatic carbocycles. The molecule has 0 saturated carbocycles. The third kappa shape index (κ3) is 5.13. The minimum atomic E-state index is -3.67. The van der Waals surface area contributed by atoms with Crippen molar-refractivity contribution >= 4 is 33.4 Å². The van der Waals surface area contributed by atoms with Crippen LogP contribution in [0.1, 0.15) is 12.0 Å². The van der Waals surface area contributed by atoms with Crippen LogP contribution in [0.2, 0.25) is 0 Å². The standard InChI is InChI=1S/C18H15F2N3O5S/c19-11-7-12(20)9-13(8-11)22-16(24)10-28-17(25)5-6-21-18-14-3-1-2-4-15(14)29(26,27)23-18/h1-4,7-9H,5-6,10H2,(H,21,23)(H,22,24). The summed E-state index contributed by atoms with van der Waals surface area (Å²) in [6.07, 6.45) is -0.199. The van der Waals surface area contributed by atoms with Crippen LogP contribution in [0, 0.1) is 11.6 Å². The van der Waals surface area contributed by atoms with E-state index in [1.54, 1.807) is 18.2 Å². The Morgan fingerprint density at radius 1 is 1.10 bits per heavy atom. The normalized spacial score (nSPS) is 15.4. The molecule has 0 saturated heterocycles. The van der Waals surface area contributed by atoms with Gasteiger partial charge in [0.1, 0.15) is 17.5 Å². The van der Waals surface area contributed by atoms with Gasteiger partial charge in [0.15, 0.2) is 6.61 Å². The third-order valence-electron chi connectivity index (χ3n) is 3.76. The van der Waals surface area contributed by atoms with Crippen LogP contribution in [-0.2, 0) is 24.3 Å². The van der Waals surface area contributed by atoms with Gasteiger partial charge in [0.25, 0.3) is 15.9 Å². The maximum absolute atomic E-state index is 13.1. The molecular formula is C18H15F2N3O5S. The number of nitrogens with zero attached hydrogens (tertiary/aromatic N) is 1. The first kappa shape index (κ1) is 20.4. The van der Waals surface area contributed by atoms with Crippen LogP contribution in [0.3, 0.4) is 0 Å². The number of halogens is 2. The number of esters is 1. The van der Waals surface area contributed by atoms with Crippen molar-refractivity contribution in [3.05, 3.63) is 59.7 Å². The number of fused-ring (bicyclic) bond motifs is 1. The van der Waals surface area contributed by atoms with Gasteiger partial charge in [0, 0.05) is 17.3 Å². The zero-order valence-electron chi connectivity index (χ0n) is 14.8. The molecular weight excluding hydrogens is 408 g/mol. The lowest BCUT2D eigenvalue weighted by Gasteiger charge is -2.06. The number of ether oxygens (including phenoxy) is 1. The average Bonchev–Trinajstić information content (AvgIpc) is 2.90. The summed E-state index contributed by atoms with van der Waals surface area (Å²) in [5, 5.41) is 2.20. The first-order valence-corrected chi connectivity index (χ1v) is 9.81.